The molecule has 0 atom stereocenters. The van der Waals surface area contributed by atoms with Gasteiger partial charge < -0.3 is 5.32 Å². The van der Waals surface area contributed by atoms with Crippen molar-refractivity contribution in [3.05, 3.63) is 11.6 Å². The molecule has 0 saturated heterocycles. The molecule has 0 rings (SSSR count). The van der Waals surface area contributed by atoms with Crippen LogP contribution in [-0.4, -0.2) is 18.6 Å². The fourth-order valence-electron chi connectivity index (χ4n) is 0.942. The van der Waals surface area contributed by atoms with Gasteiger partial charge in [0.15, 0.2) is 0 Å². The Hall–Kier alpha value is -1.00. The largest absolute Gasteiger partial charge is 0.413 e. The van der Waals surface area contributed by atoms with Crippen LogP contribution in [0.25, 0.3) is 0 Å². The van der Waals surface area contributed by atoms with Gasteiger partial charge in [-0.15, -0.1) is 0 Å². The molecule has 0 aliphatic carbocycles. The van der Waals surface area contributed by atoms with Crippen LogP contribution in [-0.2, 0) is 4.79 Å². The summed E-state index contributed by atoms with van der Waals surface area (Å²) in [5.74, 6) is -1.41. The van der Waals surface area contributed by atoms with Gasteiger partial charge in [-0.3, -0.25) is 4.79 Å². The highest BCUT2D eigenvalue weighted by Gasteiger charge is 2.35. The first-order valence-electron chi connectivity index (χ1n) is 4.35. The molecular weight excluding hydrogens is 195 g/mol. The molecule has 82 valence electrons. The lowest BCUT2D eigenvalue weighted by Gasteiger charge is -2.14. The van der Waals surface area contributed by atoms with E-state index < -0.39 is 23.6 Å². The topological polar surface area (TPSA) is 29.1 Å². The third-order valence-corrected chi connectivity index (χ3v) is 1.59. The molecule has 14 heavy (non-hydrogen) atoms. The van der Waals surface area contributed by atoms with Crippen LogP contribution in [0.5, 0.6) is 0 Å². The molecule has 0 unspecified atom stereocenters. The van der Waals surface area contributed by atoms with Crippen molar-refractivity contribution in [2.45, 2.75) is 26.9 Å². The number of carbonyl (C=O) groups is 1. The Morgan fingerprint density at radius 2 is 1.93 bits per heavy atom. The summed E-state index contributed by atoms with van der Waals surface area (Å²) < 4.78 is 37.0. The summed E-state index contributed by atoms with van der Waals surface area (Å²) >= 11 is 0. The fourth-order valence-corrected chi connectivity index (χ4v) is 0.942. The van der Waals surface area contributed by atoms with Crippen LogP contribution in [0.15, 0.2) is 11.6 Å². The lowest BCUT2D eigenvalue weighted by Crippen LogP contribution is -2.24. The Bertz CT molecular complexity index is 231. The first-order chi connectivity index (χ1) is 6.29. The van der Waals surface area contributed by atoms with Crippen molar-refractivity contribution in [2.75, 3.05) is 6.54 Å². The van der Waals surface area contributed by atoms with Crippen LogP contribution < -0.4 is 5.32 Å². The maximum Gasteiger partial charge on any atom is 0.413 e. The van der Waals surface area contributed by atoms with Crippen LogP contribution in [0.2, 0.25) is 0 Å². The molecule has 1 amide bonds. The zero-order valence-electron chi connectivity index (χ0n) is 8.40. The van der Waals surface area contributed by atoms with E-state index in [0.29, 0.717) is 12.6 Å². The Morgan fingerprint density at radius 3 is 2.21 bits per heavy atom. The molecule has 0 saturated carbocycles. The summed E-state index contributed by atoms with van der Waals surface area (Å²) in [6.45, 7) is 4.77. The van der Waals surface area contributed by atoms with E-state index in [1.807, 2.05) is 0 Å². The molecule has 0 aromatic heterocycles. The number of halogens is 3. The lowest BCUT2D eigenvalue weighted by atomic mass is 10.0. The van der Waals surface area contributed by atoms with Gasteiger partial charge in [0.25, 0.3) is 0 Å². The molecule has 0 bridgehead atoms. The summed E-state index contributed by atoms with van der Waals surface area (Å²) in [5.41, 5.74) is -0.802. The van der Waals surface area contributed by atoms with Crippen LogP contribution >= 0.6 is 0 Å². The number of nitrogens with one attached hydrogen (secondary N) is 1. The zero-order valence-corrected chi connectivity index (χ0v) is 8.40. The Morgan fingerprint density at radius 1 is 1.43 bits per heavy atom. The van der Waals surface area contributed by atoms with Gasteiger partial charge in [-0.25, -0.2) is 0 Å². The van der Waals surface area contributed by atoms with Crippen LogP contribution in [0.3, 0.4) is 0 Å². The molecule has 0 fully saturated rings. The van der Waals surface area contributed by atoms with Gasteiger partial charge in [-0.2, -0.15) is 13.2 Å². The van der Waals surface area contributed by atoms with Crippen molar-refractivity contribution >= 4 is 5.91 Å². The van der Waals surface area contributed by atoms with Crippen molar-refractivity contribution in [1.82, 2.24) is 5.32 Å². The number of hydrogen-bond donors (Lipinski definition) is 1. The Kier molecular flexibility index (Phi) is 4.67. The highest BCUT2D eigenvalue weighted by molar-refractivity contribution is 5.88. The lowest BCUT2D eigenvalue weighted by molar-refractivity contribution is -0.118. The zero-order chi connectivity index (χ0) is 11.4. The predicted octanol–water partition coefficient (Wildman–Crippen LogP) is 2.27. The molecule has 0 spiro atoms. The molecule has 0 aromatic carbocycles. The van der Waals surface area contributed by atoms with E-state index in [1.54, 1.807) is 6.92 Å². The van der Waals surface area contributed by atoms with Gasteiger partial charge in [0.1, 0.15) is 0 Å². The van der Waals surface area contributed by atoms with E-state index in [2.05, 4.69) is 5.32 Å². The molecule has 5 heteroatoms. The van der Waals surface area contributed by atoms with E-state index in [-0.39, 0.29) is 0 Å². The first-order valence-corrected chi connectivity index (χ1v) is 4.35. The van der Waals surface area contributed by atoms with E-state index in [1.165, 1.54) is 13.8 Å². The normalized spacial score (nSPS) is 13.2. The van der Waals surface area contributed by atoms with Crippen molar-refractivity contribution in [1.29, 1.82) is 0 Å². The smallest absolute Gasteiger partial charge is 0.353 e. The highest BCUT2D eigenvalue weighted by atomic mass is 19.4. The second-order valence-electron chi connectivity index (χ2n) is 3.15. The van der Waals surface area contributed by atoms with E-state index >= 15 is 0 Å². The average Bonchev–Trinajstić information content (AvgIpc) is 1.98. The van der Waals surface area contributed by atoms with Crippen LogP contribution in [0.4, 0.5) is 13.2 Å². The number of allylic oxidation sites excluding steroid dienone is 1. The molecule has 2 nitrogen and oxygen atoms in total. The third-order valence-electron chi connectivity index (χ3n) is 1.59. The van der Waals surface area contributed by atoms with Crippen molar-refractivity contribution < 1.29 is 18.0 Å². The van der Waals surface area contributed by atoms with Gasteiger partial charge >= 0.3 is 6.18 Å². The Balaban J connectivity index is 4.75. The third kappa shape index (κ3) is 4.30. The van der Waals surface area contributed by atoms with Gasteiger partial charge in [-0.1, -0.05) is 13.8 Å². The van der Waals surface area contributed by atoms with E-state index in [9.17, 15) is 18.0 Å². The number of rotatable bonds is 3. The number of alkyl halides is 3. The van der Waals surface area contributed by atoms with Crippen molar-refractivity contribution in [3.63, 3.8) is 0 Å². The summed E-state index contributed by atoms with van der Waals surface area (Å²) in [5, 5.41) is 2.29. The minimum absolute atomic E-state index is 0.318. The van der Waals surface area contributed by atoms with Crippen LogP contribution in [0.1, 0.15) is 20.8 Å². The van der Waals surface area contributed by atoms with Crippen molar-refractivity contribution in [2.24, 2.45) is 5.92 Å². The first kappa shape index (κ1) is 13.0. The quantitative estimate of drug-likeness (QED) is 0.710. The standard InChI is InChI=1S/C9H14F3NO/c1-4-13-8(14)5-7(6(2)3)9(10,11)12/h5-6H,4H2,1-3H3,(H,13,14)/b7-5-. The monoisotopic (exact) mass is 209 g/mol. The highest BCUT2D eigenvalue weighted by Crippen LogP contribution is 2.30. The summed E-state index contributed by atoms with van der Waals surface area (Å²) in [6, 6.07) is 0. The molecule has 0 heterocycles. The Labute approximate surface area is 81.2 Å². The molecular formula is C9H14F3NO. The van der Waals surface area contributed by atoms with Crippen molar-refractivity contribution in [3.8, 4) is 0 Å². The molecule has 0 radical (unpaired) electrons. The number of amides is 1. The van der Waals surface area contributed by atoms with Crippen LogP contribution in [0, 0.1) is 5.92 Å². The summed E-state index contributed by atoms with van der Waals surface area (Å²) in [7, 11) is 0. The SMILES string of the molecule is CCNC(=O)/C=C(/C(C)C)C(F)(F)F. The minimum Gasteiger partial charge on any atom is -0.353 e. The summed E-state index contributed by atoms with van der Waals surface area (Å²) in [6.07, 6.45) is -3.81. The van der Waals surface area contributed by atoms with Gasteiger partial charge in [-0.05, 0) is 12.8 Å². The van der Waals surface area contributed by atoms with E-state index in [4.69, 9.17) is 0 Å². The second kappa shape index (κ2) is 5.02. The predicted molar refractivity (Wildman–Crippen MR) is 47.7 cm³/mol. The van der Waals surface area contributed by atoms with Gasteiger partial charge in [0.2, 0.25) is 5.91 Å². The number of hydrogen-bond acceptors (Lipinski definition) is 1. The molecule has 0 aliphatic heterocycles. The minimum atomic E-state index is -4.43. The van der Waals surface area contributed by atoms with Gasteiger partial charge in [0, 0.05) is 18.2 Å². The van der Waals surface area contributed by atoms with E-state index in [0.717, 1.165) is 0 Å². The molecule has 0 aromatic rings. The molecule has 1 N–H and O–H groups in total. The number of likely N-dealkylation sites (N-methyl/N-ethyl adjacent to an activating group) is 1. The summed E-state index contributed by atoms with van der Waals surface area (Å²) in [4.78, 5) is 10.9. The maximum absolute atomic E-state index is 12.3. The number of carbonyl (C=O) groups excluding carboxylic acids is 1. The van der Waals surface area contributed by atoms with Gasteiger partial charge in [0.05, 0.1) is 0 Å². The average molecular weight is 209 g/mol. The maximum atomic E-state index is 12.3. The molecule has 0 aliphatic rings. The second-order valence-corrected chi connectivity index (χ2v) is 3.15. The fraction of sp³-hybridized carbons (Fsp3) is 0.667.